The van der Waals surface area contributed by atoms with Crippen LogP contribution in [0.25, 0.3) is 55.4 Å². The number of rotatable bonds is 4. The minimum absolute atomic E-state index is 0.422. The fourth-order valence-corrected chi connectivity index (χ4v) is 5.34. The van der Waals surface area contributed by atoms with E-state index >= 15 is 0 Å². The molecule has 2 heterocycles. The standard InChI is InChI=1S/C35H29N2O/c1-22(2)27-18-19-37(4)32(20-27)33-23(3)10-15-30-29-17-16-28(31(21-36)34(29)38-35(30)33)26-13-11-25(12-14-26)24-8-6-5-7-9-24/h5-20,22H,1-4H3/q+1. The van der Waals surface area contributed by atoms with Crippen LogP contribution in [0.1, 0.15) is 36.5 Å². The van der Waals surface area contributed by atoms with E-state index in [0.29, 0.717) is 17.1 Å². The van der Waals surface area contributed by atoms with Gasteiger partial charge in [-0.3, -0.25) is 0 Å². The Bertz CT molecular complexity index is 1850. The molecule has 0 N–H and O–H groups in total. The Kier molecular flexibility index (Phi) is 5.81. The van der Waals surface area contributed by atoms with E-state index in [2.05, 4.69) is 111 Å². The maximum absolute atomic E-state index is 10.3. The van der Waals surface area contributed by atoms with Crippen LogP contribution in [0.15, 0.2) is 102 Å². The molecule has 6 aromatic rings. The van der Waals surface area contributed by atoms with E-state index < -0.39 is 0 Å². The van der Waals surface area contributed by atoms with Gasteiger partial charge in [0, 0.05) is 28.5 Å². The van der Waals surface area contributed by atoms with Crippen LogP contribution in [0.5, 0.6) is 0 Å². The van der Waals surface area contributed by atoms with Crippen molar-refractivity contribution < 1.29 is 8.98 Å². The van der Waals surface area contributed by atoms with Crippen molar-refractivity contribution in [2.75, 3.05) is 0 Å². The third kappa shape index (κ3) is 3.86. The van der Waals surface area contributed by atoms with Crippen LogP contribution >= 0.6 is 0 Å². The molecular formula is C35H29N2O+. The van der Waals surface area contributed by atoms with Gasteiger partial charge in [-0.05, 0) is 46.7 Å². The average molecular weight is 494 g/mol. The second kappa shape index (κ2) is 9.32. The molecule has 0 spiro atoms. The summed E-state index contributed by atoms with van der Waals surface area (Å²) in [6, 6.07) is 34.0. The molecule has 184 valence electrons. The summed E-state index contributed by atoms with van der Waals surface area (Å²) < 4.78 is 8.76. The Labute approximate surface area is 223 Å². The van der Waals surface area contributed by atoms with E-state index in [1.165, 1.54) is 11.1 Å². The van der Waals surface area contributed by atoms with Gasteiger partial charge in [-0.15, -0.1) is 0 Å². The zero-order valence-electron chi connectivity index (χ0n) is 22.1. The van der Waals surface area contributed by atoms with Gasteiger partial charge in [0.25, 0.3) is 0 Å². The van der Waals surface area contributed by atoms with E-state index in [9.17, 15) is 5.26 Å². The highest BCUT2D eigenvalue weighted by atomic mass is 16.3. The first-order valence-corrected chi connectivity index (χ1v) is 13.0. The molecule has 4 aromatic carbocycles. The first-order valence-electron chi connectivity index (χ1n) is 13.0. The summed E-state index contributed by atoms with van der Waals surface area (Å²) in [6.07, 6.45) is 2.11. The van der Waals surface area contributed by atoms with Crippen LogP contribution in [-0.2, 0) is 7.05 Å². The minimum Gasteiger partial charge on any atom is -0.454 e. The lowest BCUT2D eigenvalue weighted by Gasteiger charge is -2.09. The number of nitrogens with zero attached hydrogens (tertiary/aromatic N) is 2. The van der Waals surface area contributed by atoms with Crippen LogP contribution in [0, 0.1) is 18.3 Å². The summed E-state index contributed by atoms with van der Waals surface area (Å²) in [6.45, 7) is 6.54. The molecule has 0 aliphatic heterocycles. The Morgan fingerprint density at radius 2 is 1.42 bits per heavy atom. The zero-order valence-corrected chi connectivity index (χ0v) is 22.1. The van der Waals surface area contributed by atoms with Gasteiger partial charge in [0.15, 0.2) is 11.8 Å². The lowest BCUT2D eigenvalue weighted by Crippen LogP contribution is -2.31. The van der Waals surface area contributed by atoms with Crippen molar-refractivity contribution in [2.24, 2.45) is 7.05 Å². The maximum Gasteiger partial charge on any atom is 0.216 e. The second-order valence-corrected chi connectivity index (χ2v) is 10.3. The minimum atomic E-state index is 0.422. The third-order valence-corrected chi connectivity index (χ3v) is 7.53. The van der Waals surface area contributed by atoms with Crippen LogP contribution in [0.4, 0.5) is 0 Å². The van der Waals surface area contributed by atoms with Gasteiger partial charge in [0.05, 0.1) is 5.56 Å². The van der Waals surface area contributed by atoms with E-state index in [1.54, 1.807) is 0 Å². The highest BCUT2D eigenvalue weighted by Crippen LogP contribution is 2.41. The Morgan fingerprint density at radius 1 is 0.763 bits per heavy atom. The smallest absolute Gasteiger partial charge is 0.216 e. The molecule has 0 saturated carbocycles. The number of fused-ring (bicyclic) bond motifs is 3. The Balaban J connectivity index is 1.54. The predicted octanol–water partition coefficient (Wildman–Crippen LogP) is 8.72. The highest BCUT2D eigenvalue weighted by Gasteiger charge is 2.23. The molecular weight excluding hydrogens is 464 g/mol. The number of pyridine rings is 1. The van der Waals surface area contributed by atoms with E-state index in [1.807, 2.05) is 24.3 Å². The predicted molar refractivity (Wildman–Crippen MR) is 155 cm³/mol. The quantitative estimate of drug-likeness (QED) is 0.230. The number of nitriles is 1. The fourth-order valence-electron chi connectivity index (χ4n) is 5.34. The number of benzene rings is 4. The van der Waals surface area contributed by atoms with E-state index in [4.69, 9.17) is 4.42 Å². The number of aryl methyl sites for hydroxylation is 2. The summed E-state index contributed by atoms with van der Waals surface area (Å²) in [4.78, 5) is 0. The molecule has 3 heteroatoms. The Hall–Kier alpha value is -4.68. The number of aromatic nitrogens is 1. The third-order valence-electron chi connectivity index (χ3n) is 7.53. The first-order chi connectivity index (χ1) is 18.5. The number of hydrogen-bond donors (Lipinski definition) is 0. The number of hydrogen-bond acceptors (Lipinski definition) is 2. The number of furan rings is 1. The topological polar surface area (TPSA) is 40.8 Å². The normalized spacial score (nSPS) is 11.4. The molecule has 0 atom stereocenters. The van der Waals surface area contributed by atoms with Crippen LogP contribution in [0.3, 0.4) is 0 Å². The average Bonchev–Trinajstić information content (AvgIpc) is 3.32. The van der Waals surface area contributed by atoms with Crippen molar-refractivity contribution in [3.05, 3.63) is 114 Å². The second-order valence-electron chi connectivity index (χ2n) is 10.3. The fraction of sp³-hybridized carbons (Fsp3) is 0.143. The Morgan fingerprint density at radius 3 is 2.13 bits per heavy atom. The van der Waals surface area contributed by atoms with Gasteiger partial charge in [-0.25, -0.2) is 4.57 Å². The lowest BCUT2D eigenvalue weighted by molar-refractivity contribution is -0.660. The van der Waals surface area contributed by atoms with Crippen molar-refractivity contribution in [1.82, 2.24) is 0 Å². The molecule has 3 nitrogen and oxygen atoms in total. The molecule has 0 saturated heterocycles. The summed E-state index contributed by atoms with van der Waals surface area (Å²) in [5.74, 6) is 0.422. The zero-order chi connectivity index (χ0) is 26.4. The van der Waals surface area contributed by atoms with Gasteiger partial charge in [-0.2, -0.15) is 5.26 Å². The van der Waals surface area contributed by atoms with E-state index in [-0.39, 0.29) is 0 Å². The molecule has 38 heavy (non-hydrogen) atoms. The van der Waals surface area contributed by atoms with Crippen LogP contribution < -0.4 is 4.57 Å². The van der Waals surface area contributed by atoms with Crippen molar-refractivity contribution >= 4 is 21.9 Å². The summed E-state index contributed by atoms with van der Waals surface area (Å²) in [5, 5.41) is 12.3. The molecule has 0 aliphatic carbocycles. The SMILES string of the molecule is Cc1ccc2c(oc3c(C#N)c(-c4ccc(-c5ccccc5)cc4)ccc32)c1-c1cc(C(C)C)cc[n+]1C. The molecule has 6 rings (SSSR count). The molecule has 0 fully saturated rings. The van der Waals surface area contributed by atoms with E-state index in [0.717, 1.165) is 49.9 Å². The summed E-state index contributed by atoms with van der Waals surface area (Å²) in [7, 11) is 2.07. The molecule has 0 unspecified atom stereocenters. The van der Waals surface area contributed by atoms with Crippen molar-refractivity contribution in [3.63, 3.8) is 0 Å². The largest absolute Gasteiger partial charge is 0.454 e. The molecule has 0 bridgehead atoms. The molecule has 2 aromatic heterocycles. The van der Waals surface area contributed by atoms with Gasteiger partial charge < -0.3 is 4.42 Å². The van der Waals surface area contributed by atoms with Gasteiger partial charge in [0.1, 0.15) is 24.3 Å². The lowest BCUT2D eigenvalue weighted by atomic mass is 9.94. The summed E-state index contributed by atoms with van der Waals surface area (Å²) >= 11 is 0. The van der Waals surface area contributed by atoms with Crippen molar-refractivity contribution in [2.45, 2.75) is 26.7 Å². The van der Waals surface area contributed by atoms with Crippen molar-refractivity contribution in [1.29, 1.82) is 5.26 Å². The van der Waals surface area contributed by atoms with Crippen LogP contribution in [0.2, 0.25) is 0 Å². The van der Waals surface area contributed by atoms with Crippen LogP contribution in [-0.4, -0.2) is 0 Å². The monoisotopic (exact) mass is 493 g/mol. The maximum atomic E-state index is 10.3. The van der Waals surface area contributed by atoms with Gasteiger partial charge >= 0.3 is 0 Å². The van der Waals surface area contributed by atoms with Gasteiger partial charge in [-0.1, -0.05) is 86.6 Å². The molecule has 0 radical (unpaired) electrons. The molecule has 0 amide bonds. The van der Waals surface area contributed by atoms with Gasteiger partial charge in [0.2, 0.25) is 5.69 Å². The first kappa shape index (κ1) is 23.7. The molecule has 0 aliphatic rings. The van der Waals surface area contributed by atoms with Crippen molar-refractivity contribution in [3.8, 4) is 39.6 Å². The highest BCUT2D eigenvalue weighted by molar-refractivity contribution is 6.12. The summed E-state index contributed by atoms with van der Waals surface area (Å²) in [5.41, 5.74) is 10.8.